The highest BCUT2D eigenvalue weighted by Gasteiger charge is 2.28. The van der Waals surface area contributed by atoms with Crippen LogP contribution in [0, 0.1) is 0 Å². The van der Waals surface area contributed by atoms with Gasteiger partial charge in [0.2, 0.25) is 0 Å². The summed E-state index contributed by atoms with van der Waals surface area (Å²) < 4.78 is 6.42. The van der Waals surface area contributed by atoms with Gasteiger partial charge in [0.15, 0.2) is 0 Å². The summed E-state index contributed by atoms with van der Waals surface area (Å²) in [6.45, 7) is 10.5. The minimum absolute atomic E-state index is 0. The lowest BCUT2D eigenvalue weighted by molar-refractivity contribution is -0.133. The summed E-state index contributed by atoms with van der Waals surface area (Å²) in [4.78, 5) is 9.02. The van der Waals surface area contributed by atoms with Crippen molar-refractivity contribution in [1.82, 2.24) is 9.88 Å². The molecule has 1 aromatic carbocycles. The molecule has 0 bridgehead atoms. The van der Waals surface area contributed by atoms with Gasteiger partial charge in [-0.3, -0.25) is 9.88 Å². The van der Waals surface area contributed by atoms with Crippen LogP contribution < -0.4 is 4.90 Å². The Labute approximate surface area is 187 Å². The third-order valence-corrected chi connectivity index (χ3v) is 4.49. The van der Waals surface area contributed by atoms with E-state index >= 15 is 0 Å². The number of ether oxygens (including phenoxy) is 1. The Morgan fingerprint density at radius 3 is 2.00 bits per heavy atom. The lowest BCUT2D eigenvalue weighted by Crippen LogP contribution is -2.53. The number of halogens is 3. The lowest BCUT2D eigenvalue weighted by Gasteiger charge is -2.42. The van der Waals surface area contributed by atoms with E-state index in [4.69, 9.17) is 4.74 Å². The first kappa shape index (κ1) is 27.0. The fraction of sp³-hybridized carbons (Fsp3) is 0.476. The Bertz CT molecular complexity index is 645. The molecule has 0 spiro atoms. The first-order chi connectivity index (χ1) is 12.0. The van der Waals surface area contributed by atoms with Crippen LogP contribution in [-0.4, -0.2) is 47.9 Å². The van der Waals surface area contributed by atoms with Gasteiger partial charge < -0.3 is 9.64 Å². The molecular formula is C21H32Cl3N3O. The molecule has 1 fully saturated rings. The second-order valence-corrected chi connectivity index (χ2v) is 7.60. The van der Waals surface area contributed by atoms with Crippen molar-refractivity contribution in [3.05, 3.63) is 60.4 Å². The number of anilines is 1. The molecular weight excluding hydrogens is 417 g/mol. The van der Waals surface area contributed by atoms with Crippen molar-refractivity contribution in [3.8, 4) is 0 Å². The van der Waals surface area contributed by atoms with Crippen LogP contribution in [0.5, 0.6) is 0 Å². The second kappa shape index (κ2) is 12.5. The van der Waals surface area contributed by atoms with E-state index < -0.39 is 0 Å². The molecule has 1 aliphatic rings. The maximum Gasteiger partial charge on any atom is 0.115 e. The monoisotopic (exact) mass is 447 g/mol. The topological polar surface area (TPSA) is 28.6 Å². The van der Waals surface area contributed by atoms with Gasteiger partial charge >= 0.3 is 0 Å². The minimum Gasteiger partial charge on any atom is -0.369 e. The first-order valence-corrected chi connectivity index (χ1v) is 9.12. The van der Waals surface area contributed by atoms with E-state index in [-0.39, 0.29) is 49.1 Å². The molecule has 3 rings (SSSR count). The molecule has 2 heterocycles. The summed E-state index contributed by atoms with van der Waals surface area (Å²) in [5, 5.41) is 0. The van der Waals surface area contributed by atoms with E-state index in [1.807, 2.05) is 12.4 Å². The summed E-state index contributed by atoms with van der Waals surface area (Å²) in [6, 6.07) is 14.8. The molecule has 28 heavy (non-hydrogen) atoms. The van der Waals surface area contributed by atoms with Gasteiger partial charge in [0, 0.05) is 50.7 Å². The van der Waals surface area contributed by atoms with Crippen molar-refractivity contribution in [1.29, 1.82) is 0 Å². The van der Waals surface area contributed by atoms with Gasteiger partial charge in [-0.15, -0.1) is 37.2 Å². The number of aromatic nitrogens is 1. The van der Waals surface area contributed by atoms with Gasteiger partial charge in [-0.25, -0.2) is 0 Å². The number of nitrogens with zero attached hydrogens (tertiary/aromatic N) is 3. The van der Waals surface area contributed by atoms with Gasteiger partial charge in [0.25, 0.3) is 0 Å². The average molecular weight is 449 g/mol. The van der Waals surface area contributed by atoms with Crippen molar-refractivity contribution < 1.29 is 4.74 Å². The Morgan fingerprint density at radius 1 is 0.893 bits per heavy atom. The highest BCUT2D eigenvalue weighted by Crippen LogP contribution is 2.21. The predicted molar refractivity (Wildman–Crippen MR) is 125 cm³/mol. The summed E-state index contributed by atoms with van der Waals surface area (Å²) in [5.41, 5.74) is 2.43. The molecule has 1 aliphatic heterocycles. The van der Waals surface area contributed by atoms with E-state index in [1.165, 1.54) is 11.3 Å². The molecule has 7 heteroatoms. The van der Waals surface area contributed by atoms with E-state index in [0.717, 1.165) is 32.6 Å². The zero-order chi connectivity index (χ0) is 17.7. The SMILES string of the molecule is CC(C)(C)OC(Cc1ccccc1)N1CCN(c2ccncc2)CC1.Cl.Cl.Cl. The number of rotatable bonds is 5. The van der Waals surface area contributed by atoms with Crippen LogP contribution in [0.3, 0.4) is 0 Å². The highest BCUT2D eigenvalue weighted by molar-refractivity contribution is 5.86. The number of piperazine rings is 1. The van der Waals surface area contributed by atoms with Gasteiger partial charge in [0.1, 0.15) is 6.23 Å². The molecule has 4 nitrogen and oxygen atoms in total. The van der Waals surface area contributed by atoms with Crippen molar-refractivity contribution in [2.24, 2.45) is 0 Å². The molecule has 1 aromatic heterocycles. The van der Waals surface area contributed by atoms with Crippen LogP contribution in [0.15, 0.2) is 54.9 Å². The Hall–Kier alpha value is -1.04. The van der Waals surface area contributed by atoms with Crippen LogP contribution >= 0.6 is 37.2 Å². The van der Waals surface area contributed by atoms with Gasteiger partial charge in [-0.05, 0) is 38.5 Å². The molecule has 1 atom stereocenters. The lowest BCUT2D eigenvalue weighted by atomic mass is 10.1. The van der Waals surface area contributed by atoms with Crippen molar-refractivity contribution in [2.75, 3.05) is 31.1 Å². The molecule has 0 aliphatic carbocycles. The zero-order valence-electron chi connectivity index (χ0n) is 16.8. The summed E-state index contributed by atoms with van der Waals surface area (Å²) in [6.07, 6.45) is 4.76. The zero-order valence-corrected chi connectivity index (χ0v) is 19.2. The van der Waals surface area contributed by atoms with Gasteiger partial charge in [-0.2, -0.15) is 0 Å². The quantitative estimate of drug-likeness (QED) is 0.653. The molecule has 0 saturated carbocycles. The fourth-order valence-electron chi connectivity index (χ4n) is 3.29. The smallest absolute Gasteiger partial charge is 0.115 e. The molecule has 0 N–H and O–H groups in total. The standard InChI is InChI=1S/C21H29N3O.3ClH/c1-21(2,3)25-20(17-18-7-5-4-6-8-18)24-15-13-23(14-16-24)19-9-11-22-12-10-19;;;/h4-12,20H,13-17H2,1-3H3;3*1H. The van der Waals surface area contributed by atoms with Crippen molar-refractivity contribution in [2.45, 2.75) is 39.0 Å². The molecule has 1 unspecified atom stereocenters. The number of hydrogen-bond acceptors (Lipinski definition) is 4. The molecule has 1 saturated heterocycles. The van der Waals surface area contributed by atoms with Crippen LogP contribution in [-0.2, 0) is 11.2 Å². The first-order valence-electron chi connectivity index (χ1n) is 9.12. The van der Waals surface area contributed by atoms with Crippen molar-refractivity contribution >= 4 is 42.9 Å². The summed E-state index contributed by atoms with van der Waals surface area (Å²) in [7, 11) is 0. The van der Waals surface area contributed by atoms with Crippen molar-refractivity contribution in [3.63, 3.8) is 0 Å². The third-order valence-electron chi connectivity index (χ3n) is 4.49. The van der Waals surface area contributed by atoms with Crippen LogP contribution in [0.25, 0.3) is 0 Å². The Balaban J connectivity index is 0.00000243. The van der Waals surface area contributed by atoms with E-state index in [2.05, 4.69) is 78.0 Å². The summed E-state index contributed by atoms with van der Waals surface area (Å²) in [5.74, 6) is 0. The average Bonchev–Trinajstić information content (AvgIpc) is 2.62. The maximum atomic E-state index is 6.42. The number of pyridine rings is 1. The van der Waals surface area contributed by atoms with E-state index in [9.17, 15) is 0 Å². The van der Waals surface area contributed by atoms with E-state index in [0.29, 0.717) is 0 Å². The molecule has 0 amide bonds. The fourth-order valence-corrected chi connectivity index (χ4v) is 3.29. The maximum absolute atomic E-state index is 6.42. The Kier molecular flexibility index (Phi) is 12.0. The van der Waals surface area contributed by atoms with Gasteiger partial charge in [0.05, 0.1) is 5.60 Å². The summed E-state index contributed by atoms with van der Waals surface area (Å²) >= 11 is 0. The Morgan fingerprint density at radius 2 is 1.46 bits per heavy atom. The molecule has 0 radical (unpaired) electrons. The predicted octanol–water partition coefficient (Wildman–Crippen LogP) is 4.85. The normalized spacial score (nSPS) is 15.6. The van der Waals surface area contributed by atoms with Gasteiger partial charge in [-0.1, -0.05) is 30.3 Å². The highest BCUT2D eigenvalue weighted by atomic mass is 35.5. The third kappa shape index (κ3) is 8.14. The molecule has 2 aromatic rings. The number of benzene rings is 1. The number of hydrogen-bond donors (Lipinski definition) is 0. The van der Waals surface area contributed by atoms with Crippen LogP contribution in [0.2, 0.25) is 0 Å². The van der Waals surface area contributed by atoms with Crippen LogP contribution in [0.4, 0.5) is 5.69 Å². The minimum atomic E-state index is -0.151. The largest absolute Gasteiger partial charge is 0.369 e. The van der Waals surface area contributed by atoms with E-state index in [1.54, 1.807) is 0 Å². The van der Waals surface area contributed by atoms with Crippen LogP contribution in [0.1, 0.15) is 26.3 Å². The second-order valence-electron chi connectivity index (χ2n) is 7.60. The molecule has 158 valence electrons.